The minimum atomic E-state index is -0.736. The highest BCUT2D eigenvalue weighted by atomic mass is 32.2. The van der Waals surface area contributed by atoms with Crippen LogP contribution in [0.15, 0.2) is 30.3 Å². The maximum atomic E-state index is 12.3. The molecule has 2 amide bonds. The number of nitrogens with zero attached hydrogens (tertiary/aromatic N) is 1. The van der Waals surface area contributed by atoms with Crippen molar-refractivity contribution >= 4 is 29.4 Å². The lowest BCUT2D eigenvalue weighted by Gasteiger charge is -2.27. The third kappa shape index (κ3) is 3.06. The standard InChI is InChI=1S/C16H20N2O3S/c19-14(20)9-5-4-8-13-15-12(10-22-13)17-16(21)18(15)11-6-2-1-3-7-11/h1-3,6-7,12-13,15H,4-5,8-10H2,(H,17,21)(H,19,20). The van der Waals surface area contributed by atoms with Crippen LogP contribution in [0.4, 0.5) is 10.5 Å². The first-order valence-electron chi connectivity index (χ1n) is 7.65. The number of nitrogens with one attached hydrogen (secondary N) is 1. The lowest BCUT2D eigenvalue weighted by atomic mass is 10.0. The summed E-state index contributed by atoms with van der Waals surface area (Å²) < 4.78 is 0. The van der Waals surface area contributed by atoms with Crippen LogP contribution in [0.5, 0.6) is 0 Å². The van der Waals surface area contributed by atoms with E-state index in [1.54, 1.807) is 0 Å². The molecule has 2 heterocycles. The summed E-state index contributed by atoms with van der Waals surface area (Å²) >= 11 is 1.89. The average molecular weight is 320 g/mol. The SMILES string of the molecule is O=C(O)CCCCC1SCC2NC(=O)N(c3ccccc3)C21. The number of thioether (sulfide) groups is 1. The van der Waals surface area contributed by atoms with E-state index in [1.165, 1.54) is 0 Å². The normalized spacial score (nSPS) is 26.8. The van der Waals surface area contributed by atoms with Gasteiger partial charge < -0.3 is 10.4 Å². The van der Waals surface area contributed by atoms with Crippen molar-refractivity contribution in [3.8, 4) is 0 Å². The zero-order chi connectivity index (χ0) is 15.5. The number of carbonyl (C=O) groups is 2. The number of para-hydroxylation sites is 1. The van der Waals surface area contributed by atoms with Crippen molar-refractivity contribution in [1.82, 2.24) is 5.32 Å². The third-order valence-corrected chi connectivity index (χ3v) is 5.77. The summed E-state index contributed by atoms with van der Waals surface area (Å²) in [7, 11) is 0. The monoisotopic (exact) mass is 320 g/mol. The number of carboxylic acids is 1. The van der Waals surface area contributed by atoms with Crippen LogP contribution in [0.3, 0.4) is 0 Å². The van der Waals surface area contributed by atoms with Gasteiger partial charge in [-0.05, 0) is 25.0 Å². The van der Waals surface area contributed by atoms with Gasteiger partial charge in [-0.3, -0.25) is 9.69 Å². The van der Waals surface area contributed by atoms with Crippen LogP contribution in [0.25, 0.3) is 0 Å². The van der Waals surface area contributed by atoms with Crippen molar-refractivity contribution in [3.63, 3.8) is 0 Å². The third-order valence-electron chi connectivity index (χ3n) is 4.27. The summed E-state index contributed by atoms with van der Waals surface area (Å²) in [5, 5.41) is 12.2. The van der Waals surface area contributed by atoms with E-state index in [2.05, 4.69) is 5.32 Å². The van der Waals surface area contributed by atoms with Gasteiger partial charge in [0.1, 0.15) is 0 Å². The molecule has 3 atom stereocenters. The first-order chi connectivity index (χ1) is 10.7. The molecule has 1 aromatic rings. The number of amides is 2. The second kappa shape index (κ2) is 6.60. The molecule has 118 valence electrons. The fraction of sp³-hybridized carbons (Fsp3) is 0.500. The lowest BCUT2D eigenvalue weighted by molar-refractivity contribution is -0.137. The molecule has 0 aliphatic carbocycles. The van der Waals surface area contributed by atoms with E-state index in [0.29, 0.717) is 11.7 Å². The topological polar surface area (TPSA) is 69.6 Å². The smallest absolute Gasteiger partial charge is 0.322 e. The van der Waals surface area contributed by atoms with E-state index >= 15 is 0 Å². The molecule has 3 unspecified atom stereocenters. The van der Waals surface area contributed by atoms with Crippen LogP contribution in [0, 0.1) is 0 Å². The Morgan fingerprint density at radius 1 is 1.32 bits per heavy atom. The minimum Gasteiger partial charge on any atom is -0.481 e. The fourth-order valence-electron chi connectivity index (χ4n) is 3.27. The molecule has 0 aromatic heterocycles. The Kier molecular flexibility index (Phi) is 4.57. The Balaban J connectivity index is 1.67. The van der Waals surface area contributed by atoms with Crippen molar-refractivity contribution in [2.24, 2.45) is 0 Å². The molecule has 2 saturated heterocycles. The first kappa shape index (κ1) is 15.2. The Morgan fingerprint density at radius 3 is 2.82 bits per heavy atom. The molecule has 2 fully saturated rings. The Hall–Kier alpha value is -1.69. The quantitative estimate of drug-likeness (QED) is 0.624. The number of anilines is 1. The Morgan fingerprint density at radius 2 is 2.09 bits per heavy atom. The van der Waals surface area contributed by atoms with Crippen LogP contribution < -0.4 is 10.2 Å². The first-order valence-corrected chi connectivity index (χ1v) is 8.70. The van der Waals surface area contributed by atoms with Gasteiger partial charge in [-0.2, -0.15) is 11.8 Å². The zero-order valence-electron chi connectivity index (χ0n) is 12.3. The predicted molar refractivity (Wildman–Crippen MR) is 87.4 cm³/mol. The molecular formula is C16H20N2O3S. The highest BCUT2D eigenvalue weighted by Crippen LogP contribution is 2.39. The molecular weight excluding hydrogens is 300 g/mol. The van der Waals surface area contributed by atoms with Gasteiger partial charge in [-0.15, -0.1) is 0 Å². The molecule has 0 radical (unpaired) electrons. The number of rotatable bonds is 6. The van der Waals surface area contributed by atoms with Gasteiger partial charge in [0, 0.05) is 23.1 Å². The van der Waals surface area contributed by atoms with Gasteiger partial charge in [-0.25, -0.2) is 4.79 Å². The summed E-state index contributed by atoms with van der Waals surface area (Å²) in [4.78, 5) is 24.8. The number of hydrogen-bond donors (Lipinski definition) is 2. The summed E-state index contributed by atoms with van der Waals surface area (Å²) in [5.41, 5.74) is 0.936. The molecule has 0 saturated carbocycles. The maximum absolute atomic E-state index is 12.3. The van der Waals surface area contributed by atoms with Crippen molar-refractivity contribution in [1.29, 1.82) is 0 Å². The molecule has 1 aromatic carbocycles. The van der Waals surface area contributed by atoms with Crippen LogP contribution in [-0.2, 0) is 4.79 Å². The summed E-state index contributed by atoms with van der Waals surface area (Å²) in [6.45, 7) is 0. The van der Waals surface area contributed by atoms with Crippen LogP contribution in [0.2, 0.25) is 0 Å². The largest absolute Gasteiger partial charge is 0.481 e. The highest BCUT2D eigenvalue weighted by Gasteiger charge is 2.48. The van der Waals surface area contributed by atoms with Gasteiger partial charge in [0.05, 0.1) is 12.1 Å². The second-order valence-electron chi connectivity index (χ2n) is 5.76. The number of hydrogen-bond acceptors (Lipinski definition) is 3. The van der Waals surface area contributed by atoms with E-state index in [4.69, 9.17) is 5.11 Å². The van der Waals surface area contributed by atoms with Gasteiger partial charge in [0.25, 0.3) is 0 Å². The number of unbranched alkanes of at least 4 members (excludes halogenated alkanes) is 1. The van der Waals surface area contributed by atoms with Crippen molar-refractivity contribution in [2.75, 3.05) is 10.7 Å². The number of carbonyl (C=O) groups excluding carboxylic acids is 1. The van der Waals surface area contributed by atoms with Crippen molar-refractivity contribution in [2.45, 2.75) is 43.0 Å². The van der Waals surface area contributed by atoms with Gasteiger partial charge in [-0.1, -0.05) is 24.6 Å². The number of carboxylic acid groups (broad SMARTS) is 1. The van der Waals surface area contributed by atoms with Crippen molar-refractivity contribution in [3.05, 3.63) is 30.3 Å². The lowest BCUT2D eigenvalue weighted by Crippen LogP contribution is -2.41. The molecule has 5 nitrogen and oxygen atoms in total. The van der Waals surface area contributed by atoms with E-state index in [1.807, 2.05) is 47.0 Å². The summed E-state index contributed by atoms with van der Waals surface area (Å²) in [5.74, 6) is 0.198. The highest BCUT2D eigenvalue weighted by molar-refractivity contribution is 8.00. The summed E-state index contributed by atoms with van der Waals surface area (Å²) in [6, 6.07) is 10.1. The number of aliphatic carboxylic acids is 1. The molecule has 22 heavy (non-hydrogen) atoms. The molecule has 0 spiro atoms. The van der Waals surface area contributed by atoms with E-state index in [0.717, 1.165) is 24.3 Å². The molecule has 2 N–H and O–H groups in total. The fourth-order valence-corrected chi connectivity index (χ4v) is 4.85. The number of urea groups is 1. The van der Waals surface area contributed by atoms with Crippen LogP contribution in [0.1, 0.15) is 25.7 Å². The van der Waals surface area contributed by atoms with Gasteiger partial charge in [0.15, 0.2) is 0 Å². The van der Waals surface area contributed by atoms with E-state index < -0.39 is 5.97 Å². The molecule has 3 rings (SSSR count). The Bertz CT molecular complexity index is 552. The van der Waals surface area contributed by atoms with Gasteiger partial charge in [0.2, 0.25) is 0 Å². The molecule has 6 heteroatoms. The minimum absolute atomic E-state index is 0.0166. The predicted octanol–water partition coefficient (Wildman–Crippen LogP) is 2.71. The maximum Gasteiger partial charge on any atom is 0.322 e. The molecule has 2 aliphatic heterocycles. The molecule has 2 aliphatic rings. The average Bonchev–Trinajstić information content (AvgIpc) is 3.02. The van der Waals surface area contributed by atoms with Gasteiger partial charge >= 0.3 is 12.0 Å². The second-order valence-corrected chi connectivity index (χ2v) is 7.04. The number of benzene rings is 1. The summed E-state index contributed by atoms with van der Waals surface area (Å²) in [6.07, 6.45) is 2.78. The van der Waals surface area contributed by atoms with Crippen LogP contribution in [-0.4, -0.2) is 40.2 Å². The zero-order valence-corrected chi connectivity index (χ0v) is 13.1. The Labute approximate surface area is 134 Å². The van der Waals surface area contributed by atoms with E-state index in [-0.39, 0.29) is 24.5 Å². The number of fused-ring (bicyclic) bond motifs is 1. The van der Waals surface area contributed by atoms with Crippen molar-refractivity contribution < 1.29 is 14.7 Å². The van der Waals surface area contributed by atoms with Crippen LogP contribution >= 0.6 is 11.8 Å². The van der Waals surface area contributed by atoms with E-state index in [9.17, 15) is 9.59 Å². The molecule has 0 bridgehead atoms.